The summed E-state index contributed by atoms with van der Waals surface area (Å²) in [6, 6.07) is 7.73. The highest BCUT2D eigenvalue weighted by atomic mass is 35.5. The largest absolute Gasteiger partial charge is 0.383 e. The molecule has 1 aromatic heterocycles. The van der Waals surface area contributed by atoms with Crippen molar-refractivity contribution in [1.82, 2.24) is 9.78 Å². The number of anilines is 1. The molecule has 0 amide bonds. The van der Waals surface area contributed by atoms with Crippen molar-refractivity contribution in [2.75, 3.05) is 5.73 Å². The Bertz CT molecular complexity index is 543. The summed E-state index contributed by atoms with van der Waals surface area (Å²) in [5, 5.41) is 5.27. The van der Waals surface area contributed by atoms with Gasteiger partial charge in [-0.15, -0.1) is 0 Å². The predicted octanol–water partition coefficient (Wildman–Crippen LogP) is 3.84. The van der Waals surface area contributed by atoms with Gasteiger partial charge in [-0.2, -0.15) is 5.10 Å². The minimum absolute atomic E-state index is 0.388. The number of halogens is 1. The lowest BCUT2D eigenvalue weighted by Gasteiger charge is -2.09. The molecule has 0 aliphatic heterocycles. The maximum atomic E-state index is 6.13. The molecule has 0 saturated carbocycles. The molecular formula is C14H18ClN3. The van der Waals surface area contributed by atoms with Gasteiger partial charge in [-0.3, -0.25) is 4.68 Å². The van der Waals surface area contributed by atoms with Gasteiger partial charge >= 0.3 is 0 Å². The molecule has 2 rings (SSSR count). The molecular weight excluding hydrogens is 246 g/mol. The van der Waals surface area contributed by atoms with Crippen molar-refractivity contribution in [3.8, 4) is 11.1 Å². The number of hydrogen-bond donors (Lipinski definition) is 1. The molecule has 2 N–H and O–H groups in total. The summed E-state index contributed by atoms with van der Waals surface area (Å²) in [4.78, 5) is 0. The summed E-state index contributed by atoms with van der Waals surface area (Å²) < 4.78 is 1.74. The predicted molar refractivity (Wildman–Crippen MR) is 76.8 cm³/mol. The summed E-state index contributed by atoms with van der Waals surface area (Å²) in [5.74, 6) is 1.09. The van der Waals surface area contributed by atoms with Gasteiger partial charge in [0.1, 0.15) is 5.82 Å². The third kappa shape index (κ3) is 2.23. The van der Waals surface area contributed by atoms with Crippen molar-refractivity contribution >= 4 is 17.4 Å². The highest BCUT2D eigenvalue weighted by molar-refractivity contribution is 6.30. The van der Waals surface area contributed by atoms with E-state index in [-0.39, 0.29) is 0 Å². The van der Waals surface area contributed by atoms with Crippen molar-refractivity contribution in [3.05, 3.63) is 35.0 Å². The van der Waals surface area contributed by atoms with Crippen LogP contribution in [-0.2, 0) is 7.05 Å². The number of benzene rings is 1. The van der Waals surface area contributed by atoms with Crippen molar-refractivity contribution in [1.29, 1.82) is 0 Å². The molecule has 1 aromatic carbocycles. The van der Waals surface area contributed by atoms with E-state index in [9.17, 15) is 0 Å². The van der Waals surface area contributed by atoms with E-state index in [4.69, 9.17) is 17.3 Å². The topological polar surface area (TPSA) is 43.8 Å². The van der Waals surface area contributed by atoms with Gasteiger partial charge in [0.25, 0.3) is 0 Å². The van der Waals surface area contributed by atoms with Crippen LogP contribution in [0.5, 0.6) is 0 Å². The molecule has 18 heavy (non-hydrogen) atoms. The quantitative estimate of drug-likeness (QED) is 0.914. The van der Waals surface area contributed by atoms with E-state index in [2.05, 4.69) is 18.9 Å². The van der Waals surface area contributed by atoms with Crippen molar-refractivity contribution in [2.24, 2.45) is 7.05 Å². The van der Waals surface area contributed by atoms with E-state index in [1.165, 1.54) is 0 Å². The Labute approximate surface area is 113 Å². The lowest BCUT2D eigenvalue weighted by Crippen LogP contribution is -1.98. The van der Waals surface area contributed by atoms with Crippen molar-refractivity contribution in [2.45, 2.75) is 26.2 Å². The monoisotopic (exact) mass is 263 g/mol. The molecule has 0 saturated heterocycles. The lowest BCUT2D eigenvalue weighted by molar-refractivity contribution is 0.668. The first-order chi connectivity index (χ1) is 8.54. The van der Waals surface area contributed by atoms with E-state index in [1.54, 1.807) is 4.68 Å². The lowest BCUT2D eigenvalue weighted by atomic mass is 9.96. The van der Waals surface area contributed by atoms with E-state index in [0.717, 1.165) is 28.3 Å². The number of nitrogen functional groups attached to an aromatic ring is 1. The Morgan fingerprint density at radius 3 is 2.50 bits per heavy atom. The van der Waals surface area contributed by atoms with E-state index >= 15 is 0 Å². The fourth-order valence-electron chi connectivity index (χ4n) is 2.01. The first-order valence-corrected chi connectivity index (χ1v) is 6.50. The Balaban J connectivity index is 2.58. The van der Waals surface area contributed by atoms with Crippen LogP contribution in [0.1, 0.15) is 31.9 Å². The second-order valence-corrected chi connectivity index (χ2v) is 5.02. The number of hydrogen-bond acceptors (Lipinski definition) is 2. The van der Waals surface area contributed by atoms with Gasteiger partial charge in [-0.25, -0.2) is 0 Å². The maximum absolute atomic E-state index is 6.13. The molecule has 0 fully saturated rings. The van der Waals surface area contributed by atoms with Gasteiger partial charge in [0.15, 0.2) is 0 Å². The molecule has 96 valence electrons. The van der Waals surface area contributed by atoms with E-state index < -0.39 is 0 Å². The fourth-order valence-corrected chi connectivity index (χ4v) is 2.14. The zero-order valence-electron chi connectivity index (χ0n) is 10.9. The summed E-state index contributed by atoms with van der Waals surface area (Å²) in [6.45, 7) is 4.32. The van der Waals surface area contributed by atoms with Crippen molar-refractivity contribution in [3.63, 3.8) is 0 Å². The Kier molecular flexibility index (Phi) is 3.62. The molecule has 4 heteroatoms. The highest BCUT2D eigenvalue weighted by Gasteiger charge is 2.19. The third-order valence-corrected chi connectivity index (χ3v) is 3.58. The molecule has 3 nitrogen and oxygen atoms in total. The Morgan fingerprint density at radius 2 is 1.94 bits per heavy atom. The van der Waals surface area contributed by atoms with Gasteiger partial charge in [0.2, 0.25) is 0 Å². The second-order valence-electron chi connectivity index (χ2n) is 4.59. The van der Waals surface area contributed by atoms with Gasteiger partial charge in [0.05, 0.1) is 5.69 Å². The van der Waals surface area contributed by atoms with Crippen LogP contribution in [0.4, 0.5) is 5.82 Å². The normalized spacial score (nSPS) is 12.7. The van der Waals surface area contributed by atoms with E-state index in [1.807, 2.05) is 31.3 Å². The SMILES string of the molecule is CCC(C)c1nn(C)c(N)c1-c1ccc(Cl)cc1. The molecule has 0 bridgehead atoms. The van der Waals surface area contributed by atoms with Gasteiger partial charge in [-0.05, 0) is 24.1 Å². The number of aromatic nitrogens is 2. The summed E-state index contributed by atoms with van der Waals surface area (Å²) in [5.41, 5.74) is 9.29. The van der Waals surface area contributed by atoms with E-state index in [0.29, 0.717) is 11.7 Å². The molecule has 0 aliphatic carbocycles. The standard InChI is InChI=1S/C14H18ClN3/c1-4-9(2)13-12(14(16)18(3)17-13)10-5-7-11(15)8-6-10/h5-9H,4,16H2,1-3H3. The molecule has 0 aliphatic rings. The zero-order valence-corrected chi connectivity index (χ0v) is 11.7. The van der Waals surface area contributed by atoms with Crippen molar-refractivity contribution < 1.29 is 0 Å². The first-order valence-electron chi connectivity index (χ1n) is 6.12. The average molecular weight is 264 g/mol. The minimum Gasteiger partial charge on any atom is -0.383 e. The number of rotatable bonds is 3. The maximum Gasteiger partial charge on any atom is 0.129 e. The smallest absolute Gasteiger partial charge is 0.129 e. The second kappa shape index (κ2) is 5.02. The van der Waals surface area contributed by atoms with Crippen LogP contribution in [0.25, 0.3) is 11.1 Å². The molecule has 1 heterocycles. The zero-order chi connectivity index (χ0) is 13.3. The average Bonchev–Trinajstić information content (AvgIpc) is 2.66. The fraction of sp³-hybridized carbons (Fsp3) is 0.357. The third-order valence-electron chi connectivity index (χ3n) is 3.33. The van der Waals surface area contributed by atoms with Crippen LogP contribution in [0, 0.1) is 0 Å². The Hall–Kier alpha value is -1.48. The summed E-state index contributed by atoms with van der Waals surface area (Å²) in [6.07, 6.45) is 1.04. The van der Waals surface area contributed by atoms with Gasteiger partial charge in [0, 0.05) is 23.6 Å². The Morgan fingerprint density at radius 1 is 1.33 bits per heavy atom. The van der Waals surface area contributed by atoms with Gasteiger partial charge in [-0.1, -0.05) is 37.6 Å². The van der Waals surface area contributed by atoms with Gasteiger partial charge < -0.3 is 5.73 Å². The van der Waals surface area contributed by atoms with Crippen LogP contribution < -0.4 is 5.73 Å². The molecule has 0 spiro atoms. The molecule has 1 atom stereocenters. The van der Waals surface area contributed by atoms with Crippen LogP contribution in [0.2, 0.25) is 5.02 Å². The first kappa shape index (κ1) is 13.0. The summed E-state index contributed by atoms with van der Waals surface area (Å²) in [7, 11) is 1.88. The number of nitrogens with zero attached hydrogens (tertiary/aromatic N) is 2. The van der Waals surface area contributed by atoms with Crippen LogP contribution in [-0.4, -0.2) is 9.78 Å². The van der Waals surface area contributed by atoms with Crippen LogP contribution >= 0.6 is 11.6 Å². The number of aryl methyl sites for hydroxylation is 1. The summed E-state index contributed by atoms with van der Waals surface area (Å²) >= 11 is 5.92. The highest BCUT2D eigenvalue weighted by Crippen LogP contribution is 2.35. The van der Waals surface area contributed by atoms with Crippen LogP contribution in [0.15, 0.2) is 24.3 Å². The molecule has 1 unspecified atom stereocenters. The molecule has 0 radical (unpaired) electrons. The minimum atomic E-state index is 0.388. The van der Waals surface area contributed by atoms with Crippen LogP contribution in [0.3, 0.4) is 0 Å². The molecule has 2 aromatic rings. The number of nitrogens with two attached hydrogens (primary N) is 1.